The minimum Gasteiger partial charge on any atom is -0.386 e. The van der Waals surface area contributed by atoms with Crippen molar-refractivity contribution in [2.75, 3.05) is 27.6 Å². The molecule has 6 nitrogen and oxygen atoms in total. The lowest BCUT2D eigenvalue weighted by atomic mass is 11.3. The van der Waals surface area contributed by atoms with Gasteiger partial charge in [0.2, 0.25) is 0 Å². The number of aliphatic hydroxyl groups excluding tert-OH is 1. The first kappa shape index (κ1) is 14.4. The molecule has 0 saturated heterocycles. The molecule has 1 heterocycles. The van der Waals surface area contributed by atoms with Crippen LogP contribution in [0.2, 0.25) is 0 Å². The van der Waals surface area contributed by atoms with Crippen molar-refractivity contribution in [3.63, 3.8) is 0 Å². The molecule has 0 aromatic heterocycles. The number of aliphatic hydroxyl groups is 1. The largest absolute Gasteiger partial charge is 0.386 e. The lowest BCUT2D eigenvalue weighted by Crippen LogP contribution is -2.04. The number of halogens is 3. The van der Waals surface area contributed by atoms with Gasteiger partial charge in [0.05, 0.1) is 0 Å². The molecule has 12 heteroatoms. The molecule has 0 amide bonds. The average Bonchev–Trinajstić information content (AvgIpc) is 2.16. The first-order valence-corrected chi connectivity index (χ1v) is 8.84. The smallest absolute Gasteiger partial charge is 0.384 e. The molecular weight excluding hydrogens is 286 g/mol. The van der Waals surface area contributed by atoms with E-state index in [4.69, 9.17) is 5.11 Å². The molecule has 1 N–H and O–H groups in total. The van der Waals surface area contributed by atoms with E-state index in [-0.39, 0.29) is 0 Å². The van der Waals surface area contributed by atoms with Crippen LogP contribution >= 0.6 is 22.9 Å². The Balaban J connectivity index is 3.53. The topological polar surface area (TPSA) is 69.8 Å². The van der Waals surface area contributed by atoms with Crippen LogP contribution in [0.5, 0.6) is 0 Å². The van der Waals surface area contributed by atoms with Crippen LogP contribution < -0.4 is 0 Å². The Bertz CT molecular complexity index is 440. The second-order valence-electron chi connectivity index (χ2n) is 3.05. The van der Waals surface area contributed by atoms with Gasteiger partial charge in [-0.1, -0.05) is 0 Å². The van der Waals surface area contributed by atoms with Crippen LogP contribution in [0.4, 0.5) is 12.6 Å². The maximum absolute atomic E-state index is 14.1. The molecule has 0 fully saturated rings. The number of rotatable bonds is 3. The first-order chi connectivity index (χ1) is 7.19. The molecule has 0 spiro atoms. The minimum absolute atomic E-state index is 0.888. The zero-order chi connectivity index (χ0) is 12.6. The summed E-state index contributed by atoms with van der Waals surface area (Å²) < 4.78 is 56.1. The maximum Gasteiger partial charge on any atom is 0.384 e. The Kier molecular flexibility index (Phi) is 4.11. The summed E-state index contributed by atoms with van der Waals surface area (Å²) >= 11 is 0. The molecule has 0 aromatic carbocycles. The Hall–Kier alpha value is 0.360. The van der Waals surface area contributed by atoms with Gasteiger partial charge in [-0.15, -0.1) is 4.52 Å². The van der Waals surface area contributed by atoms with Crippen LogP contribution in [0.25, 0.3) is 0 Å². The molecule has 0 saturated carbocycles. The van der Waals surface area contributed by atoms with Crippen LogP contribution in [0.3, 0.4) is 0 Å². The minimum atomic E-state index is -4.35. The van der Waals surface area contributed by atoms with Crippen molar-refractivity contribution in [2.45, 2.75) is 0 Å². The van der Waals surface area contributed by atoms with E-state index in [2.05, 4.69) is 18.1 Å². The van der Waals surface area contributed by atoms with Crippen molar-refractivity contribution in [1.82, 2.24) is 4.67 Å². The molecule has 3 atom stereocenters. The SMILES string of the molecule is COP1(F)=NP(F)(CO)=NP(F)(N(C)C)=N1. The quantitative estimate of drug-likeness (QED) is 0.801. The molecule has 0 radical (unpaired) electrons. The molecule has 1 aliphatic rings. The number of hydrogen-bond acceptors (Lipinski definition) is 6. The van der Waals surface area contributed by atoms with Crippen LogP contribution in [0.15, 0.2) is 13.5 Å². The molecule has 3 unspecified atom stereocenters. The van der Waals surface area contributed by atoms with Gasteiger partial charge in [0.1, 0.15) is 6.35 Å². The normalized spacial score (nSPS) is 43.5. The van der Waals surface area contributed by atoms with E-state index >= 15 is 0 Å². The van der Waals surface area contributed by atoms with Crippen molar-refractivity contribution in [3.05, 3.63) is 0 Å². The van der Waals surface area contributed by atoms with E-state index in [0.717, 1.165) is 11.8 Å². The van der Waals surface area contributed by atoms with Gasteiger partial charge in [-0.3, -0.25) is 0 Å². The molecule has 0 aliphatic carbocycles. The lowest BCUT2D eigenvalue weighted by molar-refractivity contribution is 0.361. The predicted octanol–water partition coefficient (Wildman–Crippen LogP) is 3.99. The van der Waals surface area contributed by atoms with Gasteiger partial charge in [-0.25, -0.2) is 4.67 Å². The summed E-state index contributed by atoms with van der Waals surface area (Å²) in [5.41, 5.74) is 0. The summed E-state index contributed by atoms with van der Waals surface area (Å²) in [6, 6.07) is 0. The Morgan fingerprint density at radius 1 is 1.19 bits per heavy atom. The number of nitrogens with zero attached hydrogens (tertiary/aromatic N) is 4. The average molecular weight is 298 g/mol. The van der Waals surface area contributed by atoms with Gasteiger partial charge in [-0.05, 0) is 14.1 Å². The maximum atomic E-state index is 14.1. The van der Waals surface area contributed by atoms with Crippen molar-refractivity contribution in [2.24, 2.45) is 13.5 Å². The van der Waals surface area contributed by atoms with Gasteiger partial charge >= 0.3 is 15.4 Å². The molecule has 96 valence electrons. The monoisotopic (exact) mass is 298 g/mol. The fraction of sp³-hybridized carbons (Fsp3) is 1.00. The summed E-state index contributed by atoms with van der Waals surface area (Å²) in [4.78, 5) is 0. The molecular formula is C4H12F3N4O2P3. The Labute approximate surface area is 91.6 Å². The Morgan fingerprint density at radius 2 is 1.75 bits per heavy atom. The summed E-state index contributed by atoms with van der Waals surface area (Å²) in [5.74, 6) is 0. The van der Waals surface area contributed by atoms with Gasteiger partial charge in [0.25, 0.3) is 7.52 Å². The summed E-state index contributed by atoms with van der Waals surface area (Å²) in [7, 11) is -9.34. The fourth-order valence-electron chi connectivity index (χ4n) is 0.827. The highest BCUT2D eigenvalue weighted by Crippen LogP contribution is 2.80. The van der Waals surface area contributed by atoms with Crippen molar-refractivity contribution < 1.29 is 22.2 Å². The van der Waals surface area contributed by atoms with E-state index in [9.17, 15) is 12.6 Å². The third-order valence-electron chi connectivity index (χ3n) is 1.64. The van der Waals surface area contributed by atoms with Crippen molar-refractivity contribution >= 4 is 22.9 Å². The van der Waals surface area contributed by atoms with E-state index in [1.165, 1.54) is 14.1 Å². The summed E-state index contributed by atoms with van der Waals surface area (Å²) in [6.45, 7) is 0. The molecule has 1 rings (SSSR count). The fourth-order valence-corrected chi connectivity index (χ4v) is 8.41. The van der Waals surface area contributed by atoms with Gasteiger partial charge < -0.3 is 9.63 Å². The van der Waals surface area contributed by atoms with E-state index in [1.807, 2.05) is 0 Å². The van der Waals surface area contributed by atoms with E-state index < -0.39 is 29.3 Å². The van der Waals surface area contributed by atoms with Crippen LogP contribution in [0, 0.1) is 0 Å². The summed E-state index contributed by atoms with van der Waals surface area (Å²) in [5, 5.41) is 8.77. The highest BCUT2D eigenvalue weighted by molar-refractivity contribution is 7.80. The summed E-state index contributed by atoms with van der Waals surface area (Å²) in [6.07, 6.45) is -1.14. The standard InChI is InChI=1S/C4H12F3N4O2P3/c1-11(2)15(6)8-14(5,4-12)9-16(7,10-15)13-3/h12H,4H2,1-3H3. The second kappa shape index (κ2) is 4.56. The highest BCUT2D eigenvalue weighted by atomic mass is 31.3. The highest BCUT2D eigenvalue weighted by Gasteiger charge is 2.39. The van der Waals surface area contributed by atoms with E-state index in [1.54, 1.807) is 0 Å². The predicted molar refractivity (Wildman–Crippen MR) is 59.1 cm³/mol. The zero-order valence-corrected chi connectivity index (χ0v) is 11.5. The van der Waals surface area contributed by atoms with Gasteiger partial charge in [0, 0.05) is 7.11 Å². The molecule has 1 aliphatic heterocycles. The zero-order valence-electron chi connectivity index (χ0n) is 8.83. The van der Waals surface area contributed by atoms with Crippen LogP contribution in [-0.2, 0) is 4.52 Å². The lowest BCUT2D eigenvalue weighted by Gasteiger charge is -2.25. The van der Waals surface area contributed by atoms with Gasteiger partial charge in [-0.2, -0.15) is 21.6 Å². The molecule has 16 heavy (non-hydrogen) atoms. The third kappa shape index (κ3) is 2.78. The Morgan fingerprint density at radius 3 is 2.12 bits per heavy atom. The van der Waals surface area contributed by atoms with E-state index in [0.29, 0.717) is 0 Å². The van der Waals surface area contributed by atoms with Crippen molar-refractivity contribution in [1.29, 1.82) is 0 Å². The van der Waals surface area contributed by atoms with Crippen molar-refractivity contribution in [3.8, 4) is 0 Å². The van der Waals surface area contributed by atoms with Gasteiger partial charge in [0.15, 0.2) is 0 Å². The van der Waals surface area contributed by atoms with Crippen LogP contribution in [-0.4, -0.2) is 37.3 Å². The first-order valence-electron chi connectivity index (χ1n) is 4.02. The van der Waals surface area contributed by atoms with Crippen LogP contribution in [0.1, 0.15) is 0 Å². The third-order valence-corrected chi connectivity index (χ3v) is 9.26. The number of hydrogen-bond donors (Lipinski definition) is 1. The molecule has 0 bridgehead atoms. The second-order valence-corrected chi connectivity index (χ2v) is 9.87. The molecule has 0 aromatic rings.